The van der Waals surface area contributed by atoms with Crippen LogP contribution in [-0.4, -0.2) is 68.6 Å². The first-order valence-corrected chi connectivity index (χ1v) is 15.2. The zero-order chi connectivity index (χ0) is 29.0. The quantitative estimate of drug-likeness (QED) is 0.271. The highest BCUT2D eigenvalue weighted by atomic mass is 32.2. The van der Waals surface area contributed by atoms with Gasteiger partial charge in [-0.2, -0.15) is 0 Å². The molecule has 3 aromatic carbocycles. The highest BCUT2D eigenvalue weighted by Crippen LogP contribution is 2.19. The highest BCUT2D eigenvalue weighted by Gasteiger charge is 2.30. The normalized spacial score (nSPS) is 13.8. The lowest BCUT2D eigenvalue weighted by Gasteiger charge is -2.31. The van der Waals surface area contributed by atoms with E-state index < -0.39 is 34.0 Å². The van der Waals surface area contributed by atoms with Crippen LogP contribution >= 0.6 is 0 Å². The van der Waals surface area contributed by atoms with E-state index in [1.165, 1.54) is 4.90 Å². The molecule has 1 unspecified atom stereocenters. The van der Waals surface area contributed by atoms with Crippen LogP contribution in [0.1, 0.15) is 30.9 Å². The number of carbonyl (C=O) groups is 1. The number of nitrogens with zero attached hydrogens (tertiary/aromatic N) is 1. The number of methoxy groups -OCH3 is 1. The van der Waals surface area contributed by atoms with Crippen molar-refractivity contribution in [1.29, 1.82) is 0 Å². The number of rotatable bonds is 16. The van der Waals surface area contributed by atoms with Crippen molar-refractivity contribution >= 4 is 15.7 Å². The van der Waals surface area contributed by atoms with Crippen molar-refractivity contribution in [1.82, 2.24) is 4.90 Å². The second-order valence-corrected chi connectivity index (χ2v) is 11.9. The largest absolute Gasteiger partial charge is 0.497 e. The Balaban J connectivity index is 1.82. The number of benzene rings is 3. The lowest BCUT2D eigenvalue weighted by atomic mass is 10.0. The third-order valence-electron chi connectivity index (χ3n) is 6.58. The number of hydrogen-bond acceptors (Lipinski definition) is 7. The van der Waals surface area contributed by atoms with Crippen LogP contribution in [0, 0.1) is 0 Å². The third-order valence-corrected chi connectivity index (χ3v) is 8.35. The molecule has 0 saturated heterocycles. The van der Waals surface area contributed by atoms with Gasteiger partial charge in [0.2, 0.25) is 0 Å². The first-order chi connectivity index (χ1) is 19.2. The van der Waals surface area contributed by atoms with Gasteiger partial charge in [0, 0.05) is 25.7 Å². The number of carbonyl (C=O) groups excluding carboxylic acids is 1. The topological polar surface area (TPSA) is 119 Å². The van der Waals surface area contributed by atoms with E-state index in [1.807, 2.05) is 61.5 Å². The molecule has 0 bridgehead atoms. The number of amides is 1. The lowest BCUT2D eigenvalue weighted by molar-refractivity contribution is -0.146. The van der Waals surface area contributed by atoms with Crippen LogP contribution in [0.2, 0.25) is 0 Å². The summed E-state index contributed by atoms with van der Waals surface area (Å²) in [5.74, 6) is -0.00956. The number of ether oxygens (including phenoxy) is 2. The van der Waals surface area contributed by atoms with E-state index in [-0.39, 0.29) is 30.2 Å². The van der Waals surface area contributed by atoms with Crippen molar-refractivity contribution in [3.8, 4) is 5.75 Å². The minimum absolute atomic E-state index is 0.0170. The van der Waals surface area contributed by atoms with E-state index in [2.05, 4.69) is 0 Å². The average Bonchev–Trinajstić information content (AvgIpc) is 2.97. The van der Waals surface area contributed by atoms with E-state index in [4.69, 9.17) is 15.2 Å². The van der Waals surface area contributed by atoms with Gasteiger partial charge >= 0.3 is 0 Å². The summed E-state index contributed by atoms with van der Waals surface area (Å²) in [5, 5.41) is 11.1. The standard InChI is InChI=1S/C31H40N2O6S/c1-3-18-39-30(17-19-40(36,37)27-15-8-5-9-16-27)31(35)33(22-25-13-10-14-26(20-25)38-2)23-29(34)28(32)21-24-11-6-4-7-12-24/h4-16,20,28-30,34H,3,17-19,21-23,32H2,1-2H3/t28-,29+,30?/m0/s1. The molecule has 0 aliphatic heterocycles. The van der Waals surface area contributed by atoms with Crippen molar-refractivity contribution in [2.45, 2.75) is 55.9 Å². The van der Waals surface area contributed by atoms with Gasteiger partial charge in [-0.05, 0) is 54.7 Å². The molecule has 8 nitrogen and oxygen atoms in total. The Bertz CT molecular complexity index is 1290. The summed E-state index contributed by atoms with van der Waals surface area (Å²) >= 11 is 0. The minimum Gasteiger partial charge on any atom is -0.497 e. The van der Waals surface area contributed by atoms with Gasteiger partial charge in [0.1, 0.15) is 11.9 Å². The summed E-state index contributed by atoms with van der Waals surface area (Å²) in [6.45, 7) is 2.34. The van der Waals surface area contributed by atoms with Crippen LogP contribution in [0.4, 0.5) is 0 Å². The minimum atomic E-state index is -3.62. The fourth-order valence-corrected chi connectivity index (χ4v) is 5.69. The Morgan fingerprint density at radius 3 is 2.27 bits per heavy atom. The number of aliphatic hydroxyl groups excluding tert-OH is 1. The van der Waals surface area contributed by atoms with Crippen LogP contribution in [-0.2, 0) is 32.3 Å². The molecule has 216 valence electrons. The molecule has 0 fully saturated rings. The monoisotopic (exact) mass is 568 g/mol. The van der Waals surface area contributed by atoms with Crippen LogP contribution < -0.4 is 10.5 Å². The maximum atomic E-state index is 13.9. The van der Waals surface area contributed by atoms with Gasteiger partial charge in [-0.25, -0.2) is 8.42 Å². The summed E-state index contributed by atoms with van der Waals surface area (Å²) in [6, 6.07) is 24.5. The van der Waals surface area contributed by atoms with E-state index in [0.717, 1.165) is 11.1 Å². The van der Waals surface area contributed by atoms with Crippen molar-refractivity contribution in [3.05, 3.63) is 96.1 Å². The van der Waals surface area contributed by atoms with Gasteiger partial charge < -0.3 is 25.2 Å². The summed E-state index contributed by atoms with van der Waals surface area (Å²) < 4.78 is 37.1. The molecule has 3 N–H and O–H groups in total. The molecule has 1 amide bonds. The number of nitrogens with two attached hydrogens (primary N) is 1. The first kappa shape index (κ1) is 31.3. The second kappa shape index (κ2) is 15.5. The zero-order valence-electron chi connectivity index (χ0n) is 23.2. The Morgan fingerprint density at radius 2 is 1.62 bits per heavy atom. The maximum Gasteiger partial charge on any atom is 0.252 e. The van der Waals surface area contributed by atoms with Crippen LogP contribution in [0.3, 0.4) is 0 Å². The van der Waals surface area contributed by atoms with Gasteiger partial charge in [0.25, 0.3) is 5.91 Å². The molecule has 0 aliphatic rings. The second-order valence-electron chi connectivity index (χ2n) is 9.77. The van der Waals surface area contributed by atoms with Crippen molar-refractivity contribution in [2.75, 3.05) is 26.0 Å². The number of sulfone groups is 1. The Labute approximate surface area is 237 Å². The summed E-state index contributed by atoms with van der Waals surface area (Å²) in [5.41, 5.74) is 8.13. The molecular weight excluding hydrogens is 528 g/mol. The van der Waals surface area contributed by atoms with Gasteiger partial charge in [-0.1, -0.05) is 67.6 Å². The predicted octanol–water partition coefficient (Wildman–Crippen LogP) is 3.61. The van der Waals surface area contributed by atoms with Crippen molar-refractivity contribution in [3.63, 3.8) is 0 Å². The molecule has 3 aromatic rings. The molecule has 40 heavy (non-hydrogen) atoms. The number of aliphatic hydroxyl groups is 1. The van der Waals surface area contributed by atoms with E-state index in [0.29, 0.717) is 25.2 Å². The number of hydrogen-bond donors (Lipinski definition) is 2. The highest BCUT2D eigenvalue weighted by molar-refractivity contribution is 7.91. The molecule has 0 aliphatic carbocycles. The summed E-state index contributed by atoms with van der Waals surface area (Å²) in [7, 11) is -2.05. The summed E-state index contributed by atoms with van der Waals surface area (Å²) in [6.07, 6.45) is -0.933. The fourth-order valence-electron chi connectivity index (χ4n) is 4.36. The molecule has 0 radical (unpaired) electrons. The molecule has 9 heteroatoms. The Morgan fingerprint density at radius 1 is 0.975 bits per heavy atom. The molecule has 3 atom stereocenters. The molecule has 3 rings (SSSR count). The molecule has 0 heterocycles. The SMILES string of the molecule is CCCOC(CCS(=O)(=O)c1ccccc1)C(=O)N(Cc1cccc(OC)c1)C[C@@H](O)[C@@H](N)Cc1ccccc1. The molecule has 0 aromatic heterocycles. The van der Waals surface area contributed by atoms with Crippen LogP contribution in [0.15, 0.2) is 89.8 Å². The Hall–Kier alpha value is -3.24. The van der Waals surface area contributed by atoms with Crippen molar-refractivity contribution in [2.24, 2.45) is 5.73 Å². The van der Waals surface area contributed by atoms with E-state index in [9.17, 15) is 18.3 Å². The Kier molecular flexibility index (Phi) is 12.1. The van der Waals surface area contributed by atoms with E-state index in [1.54, 1.807) is 37.4 Å². The predicted molar refractivity (Wildman–Crippen MR) is 156 cm³/mol. The average molecular weight is 569 g/mol. The molecular formula is C31H40N2O6S. The maximum absolute atomic E-state index is 13.9. The molecule has 0 saturated carbocycles. The summed E-state index contributed by atoms with van der Waals surface area (Å²) in [4.78, 5) is 15.6. The van der Waals surface area contributed by atoms with Crippen LogP contribution in [0.5, 0.6) is 5.75 Å². The van der Waals surface area contributed by atoms with Gasteiger partial charge in [-0.3, -0.25) is 4.79 Å². The fraction of sp³-hybridized carbons (Fsp3) is 0.387. The lowest BCUT2D eigenvalue weighted by Crippen LogP contribution is -2.49. The van der Waals surface area contributed by atoms with Crippen molar-refractivity contribution < 1.29 is 27.8 Å². The van der Waals surface area contributed by atoms with Gasteiger partial charge in [0.05, 0.1) is 23.9 Å². The molecule has 0 spiro atoms. The van der Waals surface area contributed by atoms with Gasteiger partial charge in [0.15, 0.2) is 9.84 Å². The van der Waals surface area contributed by atoms with Gasteiger partial charge in [-0.15, -0.1) is 0 Å². The third kappa shape index (κ3) is 9.45. The smallest absolute Gasteiger partial charge is 0.252 e. The zero-order valence-corrected chi connectivity index (χ0v) is 24.0. The van der Waals surface area contributed by atoms with Crippen LogP contribution in [0.25, 0.3) is 0 Å². The first-order valence-electron chi connectivity index (χ1n) is 13.5. The van der Waals surface area contributed by atoms with E-state index >= 15 is 0 Å².